The molecule has 0 spiro atoms. The fraction of sp³-hybridized carbons (Fsp3) is 0.412. The Morgan fingerprint density at radius 1 is 1.08 bits per heavy atom. The van der Waals surface area contributed by atoms with Crippen LogP contribution in [0.1, 0.15) is 28.8 Å². The maximum absolute atomic E-state index is 14.9. The number of hydrogen-bond acceptors (Lipinski definition) is 9. The molecule has 4 N–H and O–H groups in total. The largest absolute Gasteiger partial charge is 0.494 e. The average molecular weight is 663 g/mol. The smallest absolute Gasteiger partial charge is 0.254 e. The van der Waals surface area contributed by atoms with E-state index < -0.39 is 17.7 Å². The minimum Gasteiger partial charge on any atom is -0.494 e. The number of nitrogens with zero attached hydrogens (tertiary/aromatic N) is 5. The number of carbonyl (C=O) groups excluding carboxylic acids is 2. The van der Waals surface area contributed by atoms with Crippen LogP contribution >= 0.6 is 0 Å². The zero-order valence-corrected chi connectivity index (χ0v) is 27.0. The third-order valence-electron chi connectivity index (χ3n) is 9.03. The Hall–Kier alpha value is -4.66. The number of aliphatic hydroxyl groups excluding tert-OH is 1. The van der Waals surface area contributed by atoms with Crippen LogP contribution in [0.4, 0.5) is 20.3 Å². The number of piperidine rings is 1. The Bertz CT molecular complexity index is 1790. The average Bonchev–Trinajstić information content (AvgIpc) is 3.53. The van der Waals surface area contributed by atoms with E-state index in [1.807, 2.05) is 13.0 Å². The molecule has 2 aliphatic heterocycles. The van der Waals surface area contributed by atoms with Gasteiger partial charge in [-0.3, -0.25) is 18.9 Å². The van der Waals surface area contributed by atoms with Gasteiger partial charge in [0.05, 0.1) is 25.1 Å². The summed E-state index contributed by atoms with van der Waals surface area (Å²) in [5, 5.41) is 19.8. The number of amides is 2. The first-order valence-corrected chi connectivity index (χ1v) is 16.1. The first-order valence-electron chi connectivity index (χ1n) is 16.1. The van der Waals surface area contributed by atoms with E-state index in [0.717, 1.165) is 31.7 Å². The molecule has 1 unspecified atom stereocenters. The Labute approximate surface area is 277 Å². The van der Waals surface area contributed by atoms with E-state index in [1.54, 1.807) is 27.6 Å². The second-order valence-electron chi connectivity index (χ2n) is 12.2. The number of carbonyl (C=O) groups is 2. The molecule has 4 aromatic rings. The number of rotatable bonds is 10. The molecule has 2 saturated heterocycles. The van der Waals surface area contributed by atoms with Crippen molar-refractivity contribution in [2.24, 2.45) is 5.92 Å². The molecule has 0 bridgehead atoms. The molecule has 0 radical (unpaired) electrons. The Morgan fingerprint density at radius 2 is 1.85 bits per heavy atom. The van der Waals surface area contributed by atoms with Gasteiger partial charge in [0.15, 0.2) is 23.0 Å². The summed E-state index contributed by atoms with van der Waals surface area (Å²) < 4.78 is 35.8. The molecule has 14 heteroatoms. The Balaban J connectivity index is 1.05. The van der Waals surface area contributed by atoms with E-state index >= 15 is 0 Å². The zero-order valence-electron chi connectivity index (χ0n) is 27.0. The van der Waals surface area contributed by atoms with Gasteiger partial charge in [-0.2, -0.15) is 4.39 Å². The molecular formula is C34H40F2N8O4. The number of aliphatic hydroxyl groups is 1. The van der Waals surface area contributed by atoms with Crippen LogP contribution in [0.5, 0.6) is 5.75 Å². The lowest BCUT2D eigenvalue weighted by atomic mass is 9.95. The van der Waals surface area contributed by atoms with Gasteiger partial charge in [-0.05, 0) is 55.7 Å². The van der Waals surface area contributed by atoms with Gasteiger partial charge < -0.3 is 30.7 Å². The van der Waals surface area contributed by atoms with Crippen molar-refractivity contribution >= 4 is 29.0 Å². The number of likely N-dealkylation sites (tertiary alicyclic amines) is 1. The van der Waals surface area contributed by atoms with E-state index in [-0.39, 0.29) is 35.6 Å². The van der Waals surface area contributed by atoms with Crippen LogP contribution < -0.4 is 20.7 Å². The van der Waals surface area contributed by atoms with Crippen molar-refractivity contribution in [3.05, 3.63) is 71.7 Å². The molecule has 4 heterocycles. The summed E-state index contributed by atoms with van der Waals surface area (Å²) in [6.07, 6.45) is 5.08. The van der Waals surface area contributed by atoms with Gasteiger partial charge in [-0.15, -0.1) is 0 Å². The van der Waals surface area contributed by atoms with Gasteiger partial charge in [0, 0.05) is 87.5 Å². The number of fused-ring (bicyclic) bond motifs is 1. The van der Waals surface area contributed by atoms with Crippen molar-refractivity contribution < 1.29 is 28.2 Å². The molecule has 2 aliphatic rings. The minimum atomic E-state index is -1.08. The molecule has 6 rings (SSSR count). The molecule has 1 atom stereocenters. The number of piperazine rings is 1. The van der Waals surface area contributed by atoms with E-state index in [9.17, 15) is 23.5 Å². The molecule has 48 heavy (non-hydrogen) atoms. The van der Waals surface area contributed by atoms with Crippen molar-refractivity contribution in [1.82, 2.24) is 34.8 Å². The van der Waals surface area contributed by atoms with Gasteiger partial charge in [0.25, 0.3) is 5.91 Å². The maximum atomic E-state index is 14.9. The topological polar surface area (TPSA) is 136 Å². The van der Waals surface area contributed by atoms with E-state index in [0.29, 0.717) is 60.9 Å². The van der Waals surface area contributed by atoms with Crippen LogP contribution in [-0.2, 0) is 4.79 Å². The maximum Gasteiger partial charge on any atom is 0.254 e. The molecule has 2 amide bonds. The van der Waals surface area contributed by atoms with Crippen molar-refractivity contribution in [2.75, 3.05) is 64.8 Å². The van der Waals surface area contributed by atoms with E-state index in [4.69, 9.17) is 4.74 Å². The normalized spacial score (nSPS) is 16.6. The Kier molecular flexibility index (Phi) is 10.1. The van der Waals surface area contributed by atoms with Crippen molar-refractivity contribution in [3.8, 4) is 17.0 Å². The molecule has 0 aliphatic carbocycles. The zero-order chi connectivity index (χ0) is 33.8. The van der Waals surface area contributed by atoms with Crippen molar-refractivity contribution in [3.63, 3.8) is 0 Å². The number of hydrogen-bond donors (Lipinski definition) is 4. The summed E-state index contributed by atoms with van der Waals surface area (Å²) in [5.41, 5.74) is 2.77. The summed E-state index contributed by atoms with van der Waals surface area (Å²) in [4.78, 5) is 39.0. The van der Waals surface area contributed by atoms with Gasteiger partial charge >= 0.3 is 0 Å². The number of anilines is 2. The minimum absolute atomic E-state index is 0.0291. The molecule has 0 saturated carbocycles. The van der Waals surface area contributed by atoms with Crippen LogP contribution in [0.25, 0.3) is 16.9 Å². The number of methoxy groups -OCH3 is 1. The summed E-state index contributed by atoms with van der Waals surface area (Å²) >= 11 is 0. The number of ether oxygens (including phenoxy) is 1. The standard InChI is InChI=1S/C34H40F2N8O4/c1-21-17-23(41-31-32-39-19-27(44(32)16-11-38-31)26-5-6-28(48-2)30(36)29(26)35)3-4-25(21)34(47)43-12-7-22(8-13-43)33(46)40-18-24(45)20-42-14-9-37-10-15-42/h3-6,11,16-17,19,22,24,37,45H,7-10,12-15,18,20H2,1-2H3,(H,38,41)(H,40,46). The third-order valence-corrected chi connectivity index (χ3v) is 9.03. The number of benzene rings is 2. The fourth-order valence-corrected chi connectivity index (χ4v) is 6.35. The molecular weight excluding hydrogens is 622 g/mol. The van der Waals surface area contributed by atoms with Crippen LogP contribution in [-0.4, -0.2) is 107 Å². The first kappa shape index (κ1) is 33.2. The number of aromatic nitrogens is 3. The lowest BCUT2D eigenvalue weighted by Gasteiger charge is -2.32. The highest BCUT2D eigenvalue weighted by molar-refractivity contribution is 5.96. The van der Waals surface area contributed by atoms with Gasteiger partial charge in [-0.25, -0.2) is 14.4 Å². The summed E-state index contributed by atoms with van der Waals surface area (Å²) in [5.74, 6) is -2.29. The Morgan fingerprint density at radius 3 is 2.58 bits per heavy atom. The lowest BCUT2D eigenvalue weighted by molar-refractivity contribution is -0.126. The third kappa shape index (κ3) is 7.10. The highest BCUT2D eigenvalue weighted by Crippen LogP contribution is 2.32. The molecule has 2 aromatic carbocycles. The monoisotopic (exact) mass is 662 g/mol. The molecule has 254 valence electrons. The van der Waals surface area contributed by atoms with Crippen molar-refractivity contribution in [1.29, 1.82) is 0 Å². The number of β-amino-alcohol motifs (C(OH)–C–C–N with tert-alkyl or cyclic N) is 1. The molecule has 2 fully saturated rings. The van der Waals surface area contributed by atoms with Crippen LogP contribution in [0, 0.1) is 24.5 Å². The summed E-state index contributed by atoms with van der Waals surface area (Å²) in [7, 11) is 1.27. The van der Waals surface area contributed by atoms with Crippen LogP contribution in [0.3, 0.4) is 0 Å². The first-order chi connectivity index (χ1) is 23.2. The highest BCUT2D eigenvalue weighted by atomic mass is 19.2. The van der Waals surface area contributed by atoms with Crippen LogP contribution in [0.2, 0.25) is 0 Å². The lowest BCUT2D eigenvalue weighted by Crippen LogP contribution is -2.49. The summed E-state index contributed by atoms with van der Waals surface area (Å²) in [6.45, 7) is 7.11. The number of nitrogens with one attached hydrogen (secondary N) is 3. The van der Waals surface area contributed by atoms with E-state index in [2.05, 4.69) is 30.8 Å². The fourth-order valence-electron chi connectivity index (χ4n) is 6.35. The highest BCUT2D eigenvalue weighted by Gasteiger charge is 2.29. The number of halogens is 2. The van der Waals surface area contributed by atoms with Gasteiger partial charge in [0.2, 0.25) is 11.7 Å². The summed E-state index contributed by atoms with van der Waals surface area (Å²) in [6, 6.07) is 8.17. The van der Waals surface area contributed by atoms with Gasteiger partial charge in [-0.1, -0.05) is 0 Å². The SMILES string of the molecule is COc1ccc(-c2cnc3c(Nc4ccc(C(=O)N5CCC(C(=O)NCC(O)CN6CCNCC6)CC5)c(C)c4)nccn23)c(F)c1F. The number of imidazole rings is 1. The van der Waals surface area contributed by atoms with Crippen LogP contribution in [0.15, 0.2) is 48.9 Å². The molecule has 12 nitrogen and oxygen atoms in total. The van der Waals surface area contributed by atoms with Crippen molar-refractivity contribution in [2.45, 2.75) is 25.9 Å². The quantitative estimate of drug-likeness (QED) is 0.202. The number of aryl methyl sites for hydroxylation is 1. The van der Waals surface area contributed by atoms with E-state index in [1.165, 1.54) is 31.6 Å². The predicted molar refractivity (Wildman–Crippen MR) is 176 cm³/mol. The second kappa shape index (κ2) is 14.6. The molecule has 2 aromatic heterocycles. The van der Waals surface area contributed by atoms with Gasteiger partial charge in [0.1, 0.15) is 0 Å². The second-order valence-corrected chi connectivity index (χ2v) is 12.2. The predicted octanol–water partition coefficient (Wildman–Crippen LogP) is 2.97.